The number of hydrogen-bond donors (Lipinski definition) is 1. The average Bonchev–Trinajstić information content (AvgIpc) is 2.18. The molecule has 0 unspecified atom stereocenters. The van der Waals surface area contributed by atoms with Gasteiger partial charge in [-0.1, -0.05) is 6.92 Å². The molecule has 1 rings (SSSR count). The van der Waals surface area contributed by atoms with E-state index in [1.165, 1.54) is 18.2 Å². The van der Waals surface area contributed by atoms with Gasteiger partial charge in [0.05, 0.1) is 16.2 Å². The third-order valence-corrected chi connectivity index (χ3v) is 3.62. The Hall–Kier alpha value is -1.54. The molecule has 74 valence electrons. The third-order valence-electron chi connectivity index (χ3n) is 1.88. The van der Waals surface area contributed by atoms with Crippen LogP contribution in [0.15, 0.2) is 23.1 Å². The van der Waals surface area contributed by atoms with E-state index in [0.29, 0.717) is 5.69 Å². The molecule has 0 atom stereocenters. The van der Waals surface area contributed by atoms with Crippen molar-refractivity contribution in [1.82, 2.24) is 0 Å². The van der Waals surface area contributed by atoms with Gasteiger partial charge in [0.1, 0.15) is 6.07 Å². The predicted molar refractivity (Wildman–Crippen MR) is 53.3 cm³/mol. The highest BCUT2D eigenvalue weighted by molar-refractivity contribution is 7.91. The zero-order chi connectivity index (χ0) is 10.8. The van der Waals surface area contributed by atoms with Crippen LogP contribution in [0, 0.1) is 11.3 Å². The SMILES string of the molecule is CCS(=O)(=O)c1ccc(N)c(C#N)c1. The summed E-state index contributed by atoms with van der Waals surface area (Å²) in [5.41, 5.74) is 5.96. The quantitative estimate of drug-likeness (QED) is 0.736. The van der Waals surface area contributed by atoms with E-state index in [9.17, 15) is 8.42 Å². The van der Waals surface area contributed by atoms with E-state index in [2.05, 4.69) is 0 Å². The first-order valence-electron chi connectivity index (χ1n) is 4.03. The van der Waals surface area contributed by atoms with Crippen molar-refractivity contribution < 1.29 is 8.42 Å². The largest absolute Gasteiger partial charge is 0.398 e. The minimum Gasteiger partial charge on any atom is -0.398 e. The van der Waals surface area contributed by atoms with Crippen LogP contribution in [0.5, 0.6) is 0 Å². The van der Waals surface area contributed by atoms with E-state index < -0.39 is 9.84 Å². The highest BCUT2D eigenvalue weighted by Gasteiger charge is 2.12. The molecule has 5 heteroatoms. The van der Waals surface area contributed by atoms with Crippen molar-refractivity contribution in [2.75, 3.05) is 11.5 Å². The number of sulfone groups is 1. The lowest BCUT2D eigenvalue weighted by Crippen LogP contribution is -2.04. The van der Waals surface area contributed by atoms with Crippen LogP contribution in [-0.4, -0.2) is 14.2 Å². The summed E-state index contributed by atoms with van der Waals surface area (Å²) in [5, 5.41) is 8.66. The van der Waals surface area contributed by atoms with Gasteiger partial charge < -0.3 is 5.73 Å². The summed E-state index contributed by atoms with van der Waals surface area (Å²) < 4.78 is 22.9. The second kappa shape index (κ2) is 3.68. The van der Waals surface area contributed by atoms with Gasteiger partial charge >= 0.3 is 0 Å². The summed E-state index contributed by atoms with van der Waals surface area (Å²) in [6, 6.07) is 5.99. The van der Waals surface area contributed by atoms with Crippen molar-refractivity contribution in [2.24, 2.45) is 0 Å². The Morgan fingerprint density at radius 2 is 2.14 bits per heavy atom. The monoisotopic (exact) mass is 210 g/mol. The van der Waals surface area contributed by atoms with E-state index in [1.54, 1.807) is 6.92 Å². The zero-order valence-electron chi connectivity index (χ0n) is 7.69. The molecule has 1 aromatic rings. The number of nitrogens with zero attached hydrogens (tertiary/aromatic N) is 1. The van der Waals surface area contributed by atoms with Crippen LogP contribution in [-0.2, 0) is 9.84 Å². The molecule has 1 aromatic carbocycles. The van der Waals surface area contributed by atoms with Crippen LogP contribution < -0.4 is 5.73 Å². The van der Waals surface area contributed by atoms with Gasteiger partial charge in [-0.2, -0.15) is 5.26 Å². The minimum absolute atomic E-state index is 0.0157. The lowest BCUT2D eigenvalue weighted by molar-refractivity contribution is 0.597. The first-order chi connectivity index (χ1) is 6.51. The number of anilines is 1. The molecule has 0 heterocycles. The van der Waals surface area contributed by atoms with Crippen LogP contribution >= 0.6 is 0 Å². The summed E-state index contributed by atoms with van der Waals surface area (Å²) in [5.74, 6) is 0.0157. The van der Waals surface area contributed by atoms with Gasteiger partial charge in [-0.15, -0.1) is 0 Å². The second-order valence-electron chi connectivity index (χ2n) is 2.76. The highest BCUT2D eigenvalue weighted by atomic mass is 32.2. The predicted octanol–water partition coefficient (Wildman–Crippen LogP) is 0.934. The van der Waals surface area contributed by atoms with Gasteiger partial charge in [0.15, 0.2) is 9.84 Å². The third kappa shape index (κ3) is 1.86. The normalized spacial score (nSPS) is 10.9. The first-order valence-corrected chi connectivity index (χ1v) is 5.69. The fraction of sp³-hybridized carbons (Fsp3) is 0.222. The molecule has 0 fully saturated rings. The lowest BCUT2D eigenvalue weighted by Gasteiger charge is -2.02. The number of benzene rings is 1. The Kier molecular flexibility index (Phi) is 2.77. The smallest absolute Gasteiger partial charge is 0.178 e. The molecule has 0 aromatic heterocycles. The molecular weight excluding hydrogens is 200 g/mol. The molecule has 2 N–H and O–H groups in total. The van der Waals surface area contributed by atoms with Crippen molar-refractivity contribution in [3.63, 3.8) is 0 Å². The molecule has 0 aliphatic carbocycles. The molecule has 14 heavy (non-hydrogen) atoms. The van der Waals surface area contributed by atoms with Gasteiger partial charge in [0.2, 0.25) is 0 Å². The summed E-state index contributed by atoms with van der Waals surface area (Å²) in [6.45, 7) is 1.55. The molecule has 0 spiro atoms. The molecule has 0 aliphatic heterocycles. The maximum Gasteiger partial charge on any atom is 0.178 e. The Bertz CT molecular complexity index is 486. The van der Waals surface area contributed by atoms with Crippen molar-refractivity contribution in [3.8, 4) is 6.07 Å². The van der Waals surface area contributed by atoms with Crippen molar-refractivity contribution >= 4 is 15.5 Å². The molecule has 4 nitrogen and oxygen atoms in total. The number of nitriles is 1. The van der Waals surface area contributed by atoms with E-state index in [1.807, 2.05) is 6.07 Å². The van der Waals surface area contributed by atoms with Crippen molar-refractivity contribution in [1.29, 1.82) is 5.26 Å². The van der Waals surface area contributed by atoms with Gasteiger partial charge in [-0.25, -0.2) is 8.42 Å². The van der Waals surface area contributed by atoms with Gasteiger partial charge in [-0.3, -0.25) is 0 Å². The van der Waals surface area contributed by atoms with E-state index in [0.717, 1.165) is 0 Å². The summed E-state index contributed by atoms with van der Waals surface area (Å²) in [6.07, 6.45) is 0. The first kappa shape index (κ1) is 10.5. The molecule has 0 bridgehead atoms. The molecule has 0 aliphatic rings. The number of nitrogens with two attached hydrogens (primary N) is 1. The molecule has 0 saturated heterocycles. The van der Waals surface area contributed by atoms with Crippen LogP contribution in [0.25, 0.3) is 0 Å². The van der Waals surface area contributed by atoms with Gasteiger partial charge in [0.25, 0.3) is 0 Å². The topological polar surface area (TPSA) is 83.9 Å². The molecular formula is C9H10N2O2S. The average molecular weight is 210 g/mol. The van der Waals surface area contributed by atoms with Crippen molar-refractivity contribution in [2.45, 2.75) is 11.8 Å². The summed E-state index contributed by atoms with van der Waals surface area (Å²) in [7, 11) is -3.25. The fourth-order valence-corrected chi connectivity index (χ4v) is 1.90. The molecule has 0 radical (unpaired) electrons. The van der Waals surface area contributed by atoms with E-state index in [4.69, 9.17) is 11.0 Å². The maximum atomic E-state index is 11.4. The van der Waals surface area contributed by atoms with Crippen molar-refractivity contribution in [3.05, 3.63) is 23.8 Å². The number of hydrogen-bond acceptors (Lipinski definition) is 4. The fourth-order valence-electron chi connectivity index (χ4n) is 0.992. The minimum atomic E-state index is -3.25. The maximum absolute atomic E-state index is 11.4. The van der Waals surface area contributed by atoms with E-state index in [-0.39, 0.29) is 16.2 Å². The Morgan fingerprint density at radius 1 is 1.50 bits per heavy atom. The van der Waals surface area contributed by atoms with Crippen LogP contribution in [0.2, 0.25) is 0 Å². The highest BCUT2D eigenvalue weighted by Crippen LogP contribution is 2.17. The summed E-state index contributed by atoms with van der Waals surface area (Å²) in [4.78, 5) is 0.144. The number of rotatable bonds is 2. The Morgan fingerprint density at radius 3 is 2.64 bits per heavy atom. The Labute approximate surface area is 82.9 Å². The van der Waals surface area contributed by atoms with Gasteiger partial charge in [-0.05, 0) is 18.2 Å². The summed E-state index contributed by atoms with van der Waals surface area (Å²) >= 11 is 0. The Balaban J connectivity index is 3.36. The lowest BCUT2D eigenvalue weighted by atomic mass is 10.2. The van der Waals surface area contributed by atoms with Crippen LogP contribution in [0.4, 0.5) is 5.69 Å². The van der Waals surface area contributed by atoms with Crippen LogP contribution in [0.1, 0.15) is 12.5 Å². The van der Waals surface area contributed by atoms with E-state index >= 15 is 0 Å². The second-order valence-corrected chi connectivity index (χ2v) is 5.04. The zero-order valence-corrected chi connectivity index (χ0v) is 8.50. The van der Waals surface area contributed by atoms with Gasteiger partial charge in [0, 0.05) is 5.69 Å². The molecule has 0 saturated carbocycles. The number of nitrogen functional groups attached to an aromatic ring is 1. The van der Waals surface area contributed by atoms with Crippen LogP contribution in [0.3, 0.4) is 0 Å². The molecule has 0 amide bonds. The standard InChI is InChI=1S/C9H10N2O2S/c1-2-14(12,13)8-3-4-9(11)7(5-8)6-10/h3-5H,2,11H2,1H3.